The van der Waals surface area contributed by atoms with Crippen molar-refractivity contribution in [3.8, 4) is 0 Å². The van der Waals surface area contributed by atoms with E-state index in [0.717, 1.165) is 12.8 Å². The number of hydrogen-bond acceptors (Lipinski definition) is 2. The van der Waals surface area contributed by atoms with E-state index in [1.165, 1.54) is 0 Å². The van der Waals surface area contributed by atoms with Gasteiger partial charge in [0.2, 0.25) is 0 Å². The molecule has 0 amide bonds. The van der Waals surface area contributed by atoms with Gasteiger partial charge < -0.3 is 4.74 Å². The number of carbonyl (C=O) groups is 1. The Hall–Kier alpha value is -0.530. The molecule has 0 bridgehead atoms. The van der Waals surface area contributed by atoms with E-state index in [0.29, 0.717) is 5.92 Å². The molecule has 0 aromatic carbocycles. The lowest BCUT2D eigenvalue weighted by atomic mass is 10.1. The van der Waals surface area contributed by atoms with Gasteiger partial charge in [-0.2, -0.15) is 0 Å². The summed E-state index contributed by atoms with van der Waals surface area (Å²) in [7, 11) is 0. The van der Waals surface area contributed by atoms with E-state index in [1.807, 2.05) is 20.8 Å². The van der Waals surface area contributed by atoms with Crippen molar-refractivity contribution in [1.29, 1.82) is 0 Å². The number of fused-ring (bicyclic) bond motifs is 1. The van der Waals surface area contributed by atoms with Crippen LogP contribution in [0.1, 0.15) is 33.6 Å². The molecule has 0 N–H and O–H groups in total. The summed E-state index contributed by atoms with van der Waals surface area (Å²) < 4.78 is 5.27. The number of hydrogen-bond donors (Lipinski definition) is 0. The fraction of sp³-hybridized carbons (Fsp3) is 0.889. The Labute approximate surface area is 66.9 Å². The molecule has 0 heterocycles. The Kier molecular flexibility index (Phi) is 1.05. The summed E-state index contributed by atoms with van der Waals surface area (Å²) in [6.45, 7) is 5.75. The fourth-order valence-corrected chi connectivity index (χ4v) is 1.41. The highest BCUT2D eigenvalue weighted by atomic mass is 16.6. The first kappa shape index (κ1) is 7.14. The van der Waals surface area contributed by atoms with Crippen molar-refractivity contribution in [2.75, 3.05) is 0 Å². The molecule has 0 aromatic rings. The zero-order valence-corrected chi connectivity index (χ0v) is 7.31. The number of esters is 1. The van der Waals surface area contributed by atoms with Crippen LogP contribution in [0.3, 0.4) is 0 Å². The van der Waals surface area contributed by atoms with E-state index in [2.05, 4.69) is 0 Å². The standard InChI is InChI=1S/C9H14O2/c1-8(2,3)11-7(10)9-4-6(9)5-9/h6H,4-5H2,1-3H3. The van der Waals surface area contributed by atoms with Gasteiger partial charge in [-0.05, 0) is 39.5 Å². The third-order valence-electron chi connectivity index (χ3n) is 2.49. The van der Waals surface area contributed by atoms with Crippen LogP contribution in [0.4, 0.5) is 0 Å². The molecule has 0 unspecified atom stereocenters. The maximum absolute atomic E-state index is 11.4. The molecular weight excluding hydrogens is 140 g/mol. The molecule has 2 aliphatic carbocycles. The van der Waals surface area contributed by atoms with Crippen LogP contribution in [-0.2, 0) is 9.53 Å². The van der Waals surface area contributed by atoms with Crippen LogP contribution in [0.2, 0.25) is 0 Å². The third-order valence-corrected chi connectivity index (χ3v) is 2.49. The van der Waals surface area contributed by atoms with Crippen molar-refractivity contribution in [2.24, 2.45) is 11.3 Å². The molecule has 2 aliphatic rings. The molecule has 0 spiro atoms. The average Bonchev–Trinajstić information content (AvgIpc) is 2.36. The minimum atomic E-state index is -0.304. The van der Waals surface area contributed by atoms with Gasteiger partial charge >= 0.3 is 5.97 Å². The lowest BCUT2D eigenvalue weighted by Gasteiger charge is -2.20. The van der Waals surface area contributed by atoms with Crippen LogP contribution in [0.5, 0.6) is 0 Å². The number of rotatable bonds is 1. The maximum Gasteiger partial charge on any atom is 0.312 e. The predicted octanol–water partition coefficient (Wildman–Crippen LogP) is 1.74. The minimum absolute atomic E-state index is 0.0211. The van der Waals surface area contributed by atoms with Crippen LogP contribution >= 0.6 is 0 Å². The van der Waals surface area contributed by atoms with Gasteiger partial charge in [-0.3, -0.25) is 4.79 Å². The Balaban J connectivity index is 1.92. The minimum Gasteiger partial charge on any atom is -0.460 e. The van der Waals surface area contributed by atoms with E-state index in [4.69, 9.17) is 4.74 Å². The fourth-order valence-electron chi connectivity index (χ4n) is 1.41. The second kappa shape index (κ2) is 1.62. The van der Waals surface area contributed by atoms with Crippen LogP contribution in [-0.4, -0.2) is 11.6 Å². The first-order valence-electron chi connectivity index (χ1n) is 4.17. The normalized spacial score (nSPS) is 39.4. The quantitative estimate of drug-likeness (QED) is 0.538. The van der Waals surface area contributed by atoms with Crippen molar-refractivity contribution in [3.63, 3.8) is 0 Å². The number of ether oxygens (including phenoxy) is 1. The third kappa shape index (κ3) is 1.05. The van der Waals surface area contributed by atoms with Gasteiger partial charge in [-0.1, -0.05) is 0 Å². The molecule has 0 atom stereocenters. The molecule has 0 saturated heterocycles. The van der Waals surface area contributed by atoms with Gasteiger partial charge in [0.1, 0.15) is 5.60 Å². The zero-order chi connectivity index (χ0) is 8.28. The van der Waals surface area contributed by atoms with E-state index in [9.17, 15) is 4.79 Å². The molecule has 62 valence electrons. The first-order chi connectivity index (χ1) is 4.94. The molecule has 2 fully saturated rings. The summed E-state index contributed by atoms with van der Waals surface area (Å²) in [5.74, 6) is 0.729. The Morgan fingerprint density at radius 2 is 1.91 bits per heavy atom. The van der Waals surface area contributed by atoms with Gasteiger partial charge in [-0.15, -0.1) is 0 Å². The summed E-state index contributed by atoms with van der Waals surface area (Å²) in [5.41, 5.74) is -0.283. The van der Waals surface area contributed by atoms with Crippen molar-refractivity contribution in [3.05, 3.63) is 0 Å². The molecule has 0 aliphatic heterocycles. The lowest BCUT2D eigenvalue weighted by Crippen LogP contribution is -2.26. The van der Waals surface area contributed by atoms with Gasteiger partial charge in [0, 0.05) is 0 Å². The lowest BCUT2D eigenvalue weighted by molar-refractivity contribution is -0.159. The highest BCUT2D eigenvalue weighted by molar-refractivity contribution is 5.85. The van der Waals surface area contributed by atoms with Crippen molar-refractivity contribution in [1.82, 2.24) is 0 Å². The largest absolute Gasteiger partial charge is 0.460 e. The summed E-state index contributed by atoms with van der Waals surface area (Å²) in [6.07, 6.45) is 2.17. The number of carbonyl (C=O) groups excluding carboxylic acids is 1. The van der Waals surface area contributed by atoms with E-state index < -0.39 is 0 Å². The first-order valence-corrected chi connectivity index (χ1v) is 4.17. The summed E-state index contributed by atoms with van der Waals surface area (Å²) in [5, 5.41) is 0. The molecule has 2 heteroatoms. The van der Waals surface area contributed by atoms with Crippen molar-refractivity contribution in [2.45, 2.75) is 39.2 Å². The molecule has 2 rings (SSSR count). The predicted molar refractivity (Wildman–Crippen MR) is 41.0 cm³/mol. The second-order valence-corrected chi connectivity index (χ2v) is 4.76. The van der Waals surface area contributed by atoms with Gasteiger partial charge in [-0.25, -0.2) is 0 Å². The van der Waals surface area contributed by atoms with Gasteiger partial charge in [0.25, 0.3) is 0 Å². The molecule has 2 nitrogen and oxygen atoms in total. The van der Waals surface area contributed by atoms with Gasteiger partial charge in [0.15, 0.2) is 0 Å². The van der Waals surface area contributed by atoms with Crippen LogP contribution in [0.15, 0.2) is 0 Å². The molecule has 11 heavy (non-hydrogen) atoms. The molecule has 0 aromatic heterocycles. The zero-order valence-electron chi connectivity index (χ0n) is 7.31. The monoisotopic (exact) mass is 154 g/mol. The van der Waals surface area contributed by atoms with Crippen LogP contribution in [0, 0.1) is 11.3 Å². The van der Waals surface area contributed by atoms with E-state index in [1.54, 1.807) is 0 Å². The molecule has 0 radical (unpaired) electrons. The van der Waals surface area contributed by atoms with Gasteiger partial charge in [0.05, 0.1) is 5.41 Å². The Bertz CT molecular complexity index is 206. The summed E-state index contributed by atoms with van der Waals surface area (Å²) in [4.78, 5) is 11.4. The maximum atomic E-state index is 11.4. The average molecular weight is 154 g/mol. The topological polar surface area (TPSA) is 26.3 Å². The highest BCUT2D eigenvalue weighted by Crippen LogP contribution is 2.75. The smallest absolute Gasteiger partial charge is 0.312 e. The van der Waals surface area contributed by atoms with Crippen molar-refractivity contribution >= 4 is 5.97 Å². The molecule has 2 saturated carbocycles. The summed E-state index contributed by atoms with van der Waals surface area (Å²) in [6, 6.07) is 0. The van der Waals surface area contributed by atoms with Crippen LogP contribution < -0.4 is 0 Å². The van der Waals surface area contributed by atoms with Crippen LogP contribution in [0.25, 0.3) is 0 Å². The van der Waals surface area contributed by atoms with E-state index >= 15 is 0 Å². The molecular formula is C9H14O2. The van der Waals surface area contributed by atoms with E-state index in [-0.39, 0.29) is 17.0 Å². The Morgan fingerprint density at radius 1 is 1.45 bits per heavy atom. The SMILES string of the molecule is CC(C)(C)OC(=O)C12CC1C2. The Morgan fingerprint density at radius 3 is 2.18 bits per heavy atom. The van der Waals surface area contributed by atoms with Crippen molar-refractivity contribution < 1.29 is 9.53 Å². The highest BCUT2D eigenvalue weighted by Gasteiger charge is 2.76. The second-order valence-electron chi connectivity index (χ2n) is 4.76. The summed E-state index contributed by atoms with van der Waals surface area (Å²) >= 11 is 0.